The highest BCUT2D eigenvalue weighted by Gasteiger charge is 2.18. The zero-order valence-electron chi connectivity index (χ0n) is 12.9. The number of nitrogens with one attached hydrogen (secondary N) is 1. The third-order valence-corrected chi connectivity index (χ3v) is 3.28. The third-order valence-electron chi connectivity index (χ3n) is 3.28. The van der Waals surface area contributed by atoms with Gasteiger partial charge in [0.15, 0.2) is 5.82 Å². The molecule has 0 aliphatic carbocycles. The van der Waals surface area contributed by atoms with Gasteiger partial charge >= 0.3 is 0 Å². The molecule has 0 aliphatic rings. The van der Waals surface area contributed by atoms with E-state index in [1.807, 2.05) is 12.1 Å². The largest absolute Gasteiger partial charge is 0.381 e. The Hall–Kier alpha value is -3.85. The molecule has 2 aromatic rings. The topological polar surface area (TPSA) is 149 Å². The molecule has 0 bridgehead atoms. The third kappa shape index (κ3) is 3.00. The summed E-state index contributed by atoms with van der Waals surface area (Å²) in [6.45, 7) is 0. The van der Waals surface area contributed by atoms with Crippen molar-refractivity contribution in [2.24, 2.45) is 0 Å². The summed E-state index contributed by atoms with van der Waals surface area (Å²) in [5.41, 5.74) is 6.69. The zero-order valence-corrected chi connectivity index (χ0v) is 12.9. The fraction of sp³-hybridized carbons (Fsp3) is 0.133. The van der Waals surface area contributed by atoms with Crippen LogP contribution in [0.15, 0.2) is 18.2 Å². The summed E-state index contributed by atoms with van der Waals surface area (Å²) in [7, 11) is 3.40. The number of nitrogens with zero attached hydrogens (tertiary/aromatic N) is 5. The first kappa shape index (κ1) is 16.5. The van der Waals surface area contributed by atoms with Gasteiger partial charge in [-0.15, -0.1) is 0 Å². The van der Waals surface area contributed by atoms with Crippen LogP contribution in [0, 0.1) is 32.8 Å². The van der Waals surface area contributed by atoms with Crippen molar-refractivity contribution in [3.63, 3.8) is 0 Å². The first-order valence-corrected chi connectivity index (χ1v) is 6.71. The highest BCUT2D eigenvalue weighted by molar-refractivity contribution is 5.91. The smallest absolute Gasteiger partial charge is 0.293 e. The van der Waals surface area contributed by atoms with Crippen molar-refractivity contribution in [1.29, 1.82) is 10.5 Å². The number of aromatic nitrogens is 2. The molecule has 0 radical (unpaired) electrons. The van der Waals surface area contributed by atoms with E-state index < -0.39 is 4.92 Å². The maximum atomic E-state index is 11.2. The van der Waals surface area contributed by atoms with Gasteiger partial charge in [-0.05, 0) is 17.7 Å². The second-order valence-electron chi connectivity index (χ2n) is 5.04. The van der Waals surface area contributed by atoms with Crippen LogP contribution in [0.5, 0.6) is 0 Å². The molecule has 0 unspecified atom stereocenters. The van der Waals surface area contributed by atoms with Crippen LogP contribution >= 0.6 is 0 Å². The summed E-state index contributed by atoms with van der Waals surface area (Å²) in [5.74, 6) is -0.0115. The Morgan fingerprint density at radius 2 is 2.17 bits per heavy atom. The molecule has 0 fully saturated rings. The molecule has 9 heteroatoms. The fourth-order valence-electron chi connectivity index (χ4n) is 2.15. The van der Waals surface area contributed by atoms with Crippen LogP contribution in [-0.2, 0) is 0 Å². The number of allylic oxidation sites excluding steroid dienone is 1. The maximum absolute atomic E-state index is 11.2. The Kier molecular flexibility index (Phi) is 4.47. The number of nitrogens with two attached hydrogens (primary N) is 1. The van der Waals surface area contributed by atoms with E-state index in [0.29, 0.717) is 11.3 Å². The normalized spacial score (nSPS) is 10.8. The molecular formula is C15H13N7O2. The van der Waals surface area contributed by atoms with E-state index in [2.05, 4.69) is 10.2 Å². The molecule has 2 rings (SSSR count). The number of benzene rings is 1. The number of nitrogen functional groups attached to an aromatic ring is 1. The lowest BCUT2D eigenvalue weighted by Gasteiger charge is -2.12. The Morgan fingerprint density at radius 3 is 2.71 bits per heavy atom. The van der Waals surface area contributed by atoms with Crippen LogP contribution in [-0.4, -0.2) is 29.2 Å². The number of H-pyrrole nitrogens is 1. The molecule has 1 heterocycles. The van der Waals surface area contributed by atoms with E-state index in [-0.39, 0.29) is 28.3 Å². The lowest BCUT2D eigenvalue weighted by molar-refractivity contribution is -0.384. The van der Waals surface area contributed by atoms with Crippen molar-refractivity contribution >= 4 is 28.8 Å². The van der Waals surface area contributed by atoms with E-state index >= 15 is 0 Å². The molecule has 120 valence electrons. The molecule has 0 saturated heterocycles. The summed E-state index contributed by atoms with van der Waals surface area (Å²) >= 11 is 0. The minimum absolute atomic E-state index is 0.0115. The van der Waals surface area contributed by atoms with Gasteiger partial charge in [0, 0.05) is 20.2 Å². The van der Waals surface area contributed by atoms with Crippen molar-refractivity contribution < 1.29 is 4.92 Å². The number of hydrogen-bond acceptors (Lipinski definition) is 7. The average molecular weight is 323 g/mol. The van der Waals surface area contributed by atoms with Gasteiger partial charge in [0.2, 0.25) is 0 Å². The van der Waals surface area contributed by atoms with Gasteiger partial charge in [0.1, 0.15) is 23.4 Å². The summed E-state index contributed by atoms with van der Waals surface area (Å²) < 4.78 is 0. The molecule has 0 spiro atoms. The first-order chi connectivity index (χ1) is 11.4. The predicted molar refractivity (Wildman–Crippen MR) is 88.6 cm³/mol. The highest BCUT2D eigenvalue weighted by Crippen LogP contribution is 2.30. The van der Waals surface area contributed by atoms with Gasteiger partial charge in [-0.25, -0.2) is 0 Å². The number of hydrogen-bond donors (Lipinski definition) is 2. The molecule has 0 amide bonds. The van der Waals surface area contributed by atoms with Crippen molar-refractivity contribution in [3.05, 3.63) is 45.1 Å². The van der Waals surface area contributed by atoms with Crippen LogP contribution in [0.25, 0.3) is 11.6 Å². The number of rotatable bonds is 4. The van der Waals surface area contributed by atoms with E-state index in [9.17, 15) is 15.4 Å². The van der Waals surface area contributed by atoms with Gasteiger partial charge in [-0.3, -0.25) is 15.2 Å². The van der Waals surface area contributed by atoms with Crippen LogP contribution in [0.4, 0.5) is 17.2 Å². The molecule has 0 saturated carbocycles. The highest BCUT2D eigenvalue weighted by atomic mass is 16.6. The van der Waals surface area contributed by atoms with Gasteiger partial charge in [0.05, 0.1) is 16.2 Å². The van der Waals surface area contributed by atoms with Crippen molar-refractivity contribution in [2.75, 3.05) is 24.7 Å². The summed E-state index contributed by atoms with van der Waals surface area (Å²) in [6.07, 6.45) is 1.43. The number of anilines is 2. The Labute approximate surface area is 137 Å². The second kappa shape index (κ2) is 6.50. The number of nitro benzene ring substituents is 1. The minimum atomic E-state index is -0.492. The van der Waals surface area contributed by atoms with E-state index in [1.54, 1.807) is 31.1 Å². The molecule has 0 atom stereocenters. The molecule has 3 N–H and O–H groups in total. The molecule has 9 nitrogen and oxygen atoms in total. The van der Waals surface area contributed by atoms with Crippen LogP contribution in [0.1, 0.15) is 16.8 Å². The average Bonchev–Trinajstić information content (AvgIpc) is 2.92. The van der Waals surface area contributed by atoms with E-state index in [4.69, 9.17) is 11.0 Å². The zero-order chi connectivity index (χ0) is 17.9. The van der Waals surface area contributed by atoms with Gasteiger partial charge in [-0.2, -0.15) is 15.6 Å². The summed E-state index contributed by atoms with van der Waals surface area (Å²) in [4.78, 5) is 12.4. The van der Waals surface area contributed by atoms with Crippen molar-refractivity contribution in [2.45, 2.75) is 0 Å². The van der Waals surface area contributed by atoms with Crippen LogP contribution in [0.3, 0.4) is 0 Å². The lowest BCUT2D eigenvalue weighted by atomic mass is 10.0. The monoisotopic (exact) mass is 323 g/mol. The van der Waals surface area contributed by atoms with Crippen LogP contribution in [0.2, 0.25) is 0 Å². The standard InChI is InChI=1S/C15H13N7O2/c1-21(2)12-4-3-9(6-13(12)22(23)24)5-10(7-16)14-11(8-17)15(18)20-19-14/h3-6H,1-2H3,(H3,18,19,20). The van der Waals surface area contributed by atoms with E-state index in [0.717, 1.165) is 0 Å². The Morgan fingerprint density at radius 1 is 1.46 bits per heavy atom. The van der Waals surface area contributed by atoms with Gasteiger partial charge in [-0.1, -0.05) is 6.07 Å². The number of aromatic amines is 1. The molecular weight excluding hydrogens is 310 g/mol. The maximum Gasteiger partial charge on any atom is 0.293 e. The Balaban J connectivity index is 2.57. The molecule has 1 aromatic heterocycles. The first-order valence-electron chi connectivity index (χ1n) is 6.71. The van der Waals surface area contributed by atoms with Crippen LogP contribution < -0.4 is 10.6 Å². The summed E-state index contributed by atoms with van der Waals surface area (Å²) in [5, 5.41) is 35.9. The lowest BCUT2D eigenvalue weighted by Crippen LogP contribution is -2.11. The quantitative estimate of drug-likeness (QED) is 0.495. The van der Waals surface area contributed by atoms with Gasteiger partial charge in [0.25, 0.3) is 5.69 Å². The van der Waals surface area contributed by atoms with Crippen molar-refractivity contribution in [1.82, 2.24) is 10.2 Å². The summed E-state index contributed by atoms with van der Waals surface area (Å²) in [6, 6.07) is 8.41. The molecule has 1 aromatic carbocycles. The fourth-order valence-corrected chi connectivity index (χ4v) is 2.15. The Bertz CT molecular complexity index is 913. The van der Waals surface area contributed by atoms with Crippen molar-refractivity contribution in [3.8, 4) is 12.1 Å². The van der Waals surface area contributed by atoms with E-state index in [1.165, 1.54) is 12.1 Å². The minimum Gasteiger partial charge on any atom is -0.381 e. The van der Waals surface area contributed by atoms with Gasteiger partial charge < -0.3 is 10.6 Å². The predicted octanol–water partition coefficient (Wildman–Crippen LogP) is 1.90. The number of nitro groups is 1. The molecule has 0 aliphatic heterocycles. The number of nitriles is 2. The SMILES string of the molecule is CN(C)c1ccc(C=C(C#N)c2[nH]nc(N)c2C#N)cc1[N+](=O)[O-]. The molecule has 24 heavy (non-hydrogen) atoms. The second-order valence-corrected chi connectivity index (χ2v) is 5.04.